The molecule has 2 N–H and O–H groups in total. The maximum atomic E-state index is 13.2. The molecular formula is C27H25N3O4S. The first-order chi connectivity index (χ1) is 16.5. The summed E-state index contributed by atoms with van der Waals surface area (Å²) in [6.45, 7) is 5.51. The SMILES string of the molecule is Cc1ccc(N2c3ccc(S(N)(=O)=O)cc3C(=O)CC2c2cccc(C(=O)C(C)C)c2)cc1C#N. The highest BCUT2D eigenvalue weighted by atomic mass is 32.2. The van der Waals surface area contributed by atoms with Gasteiger partial charge in [0.25, 0.3) is 0 Å². The number of ketones is 2. The third-order valence-corrected chi connectivity index (χ3v) is 7.16. The molecule has 0 bridgehead atoms. The predicted octanol–water partition coefficient (Wildman–Crippen LogP) is 4.82. The van der Waals surface area contributed by atoms with Gasteiger partial charge in [-0.3, -0.25) is 9.59 Å². The van der Waals surface area contributed by atoms with Crippen LogP contribution in [-0.2, 0) is 10.0 Å². The van der Waals surface area contributed by atoms with Crippen LogP contribution in [0.15, 0.2) is 65.6 Å². The van der Waals surface area contributed by atoms with Gasteiger partial charge in [-0.15, -0.1) is 0 Å². The highest BCUT2D eigenvalue weighted by Gasteiger charge is 2.35. The monoisotopic (exact) mass is 487 g/mol. The number of hydrogen-bond acceptors (Lipinski definition) is 6. The van der Waals surface area contributed by atoms with Crippen molar-refractivity contribution >= 4 is 33.0 Å². The number of rotatable bonds is 5. The van der Waals surface area contributed by atoms with Crippen LogP contribution in [0, 0.1) is 24.2 Å². The van der Waals surface area contributed by atoms with Crippen LogP contribution >= 0.6 is 0 Å². The normalized spacial score (nSPS) is 15.6. The van der Waals surface area contributed by atoms with Crippen molar-refractivity contribution in [3.05, 3.63) is 88.5 Å². The first-order valence-corrected chi connectivity index (χ1v) is 12.7. The average Bonchev–Trinajstić information content (AvgIpc) is 2.83. The highest BCUT2D eigenvalue weighted by Crippen LogP contribution is 2.44. The lowest BCUT2D eigenvalue weighted by Crippen LogP contribution is -2.32. The largest absolute Gasteiger partial charge is 0.333 e. The number of primary sulfonamides is 1. The van der Waals surface area contributed by atoms with Gasteiger partial charge in [0.05, 0.1) is 28.3 Å². The Bertz CT molecular complexity index is 1500. The second-order valence-electron chi connectivity index (χ2n) is 8.99. The van der Waals surface area contributed by atoms with E-state index in [0.29, 0.717) is 22.5 Å². The lowest BCUT2D eigenvalue weighted by Gasteiger charge is -2.39. The average molecular weight is 488 g/mol. The summed E-state index contributed by atoms with van der Waals surface area (Å²) in [7, 11) is -4.00. The number of Topliss-reactive ketones (excluding diaryl/α,β-unsaturated/α-hetero) is 2. The Labute approximate surface area is 204 Å². The van der Waals surface area contributed by atoms with Gasteiger partial charge in [-0.1, -0.05) is 38.1 Å². The van der Waals surface area contributed by atoms with Gasteiger partial charge in [-0.05, 0) is 54.4 Å². The first-order valence-electron chi connectivity index (χ1n) is 11.2. The first kappa shape index (κ1) is 24.3. The van der Waals surface area contributed by atoms with Gasteiger partial charge in [-0.25, -0.2) is 13.6 Å². The molecule has 0 amide bonds. The Balaban J connectivity index is 1.94. The minimum atomic E-state index is -4.00. The standard InChI is InChI=1S/C27H25N3O4S/c1-16(2)27(32)19-6-4-5-18(11-19)25-14-26(31)23-13-22(35(29,33)34)9-10-24(23)30(25)21-8-7-17(3)20(12-21)15-28/h4-13,16,25H,14H2,1-3H3,(H2,29,33,34). The number of fused-ring (bicyclic) bond motifs is 1. The van der Waals surface area contributed by atoms with Crippen molar-refractivity contribution in [2.75, 3.05) is 4.90 Å². The number of carbonyl (C=O) groups is 2. The highest BCUT2D eigenvalue weighted by molar-refractivity contribution is 7.89. The lowest BCUT2D eigenvalue weighted by molar-refractivity contribution is 0.0938. The van der Waals surface area contributed by atoms with Crippen LogP contribution < -0.4 is 10.0 Å². The molecule has 0 aliphatic carbocycles. The summed E-state index contributed by atoms with van der Waals surface area (Å²) >= 11 is 0. The van der Waals surface area contributed by atoms with Crippen molar-refractivity contribution in [2.45, 2.75) is 38.1 Å². The summed E-state index contributed by atoms with van der Waals surface area (Å²) in [5.41, 5.74) is 4.05. The zero-order valence-electron chi connectivity index (χ0n) is 19.6. The summed E-state index contributed by atoms with van der Waals surface area (Å²) in [6.07, 6.45) is 0.0517. The van der Waals surface area contributed by atoms with E-state index in [1.807, 2.05) is 43.9 Å². The van der Waals surface area contributed by atoms with E-state index in [0.717, 1.165) is 11.1 Å². The number of sulfonamides is 1. The third kappa shape index (κ3) is 4.61. The number of benzene rings is 3. The molecule has 0 aromatic heterocycles. The number of nitrogens with zero attached hydrogens (tertiary/aromatic N) is 2. The van der Waals surface area contributed by atoms with Gasteiger partial charge >= 0.3 is 0 Å². The van der Waals surface area contributed by atoms with E-state index in [-0.39, 0.29) is 34.4 Å². The molecule has 3 aromatic rings. The molecule has 1 aliphatic rings. The fraction of sp³-hybridized carbons (Fsp3) is 0.222. The molecule has 0 fully saturated rings. The van der Waals surface area contributed by atoms with Crippen LogP contribution in [0.2, 0.25) is 0 Å². The number of aryl methyl sites for hydroxylation is 1. The number of hydrogen-bond donors (Lipinski definition) is 1. The Hall–Kier alpha value is -3.80. The van der Waals surface area contributed by atoms with E-state index in [2.05, 4.69) is 6.07 Å². The van der Waals surface area contributed by atoms with Gasteiger partial charge in [0, 0.05) is 29.2 Å². The molecule has 0 saturated heterocycles. The zero-order valence-corrected chi connectivity index (χ0v) is 20.5. The second-order valence-corrected chi connectivity index (χ2v) is 10.6. The van der Waals surface area contributed by atoms with Gasteiger partial charge < -0.3 is 4.90 Å². The van der Waals surface area contributed by atoms with Gasteiger partial charge in [0.2, 0.25) is 10.0 Å². The van der Waals surface area contributed by atoms with E-state index in [1.54, 1.807) is 30.3 Å². The Kier molecular flexibility index (Phi) is 6.32. The molecule has 8 heteroatoms. The van der Waals surface area contributed by atoms with E-state index in [1.165, 1.54) is 12.1 Å². The molecular weight excluding hydrogens is 462 g/mol. The molecule has 3 aromatic carbocycles. The maximum absolute atomic E-state index is 13.2. The fourth-order valence-corrected chi connectivity index (χ4v) is 4.91. The fourth-order valence-electron chi connectivity index (χ4n) is 4.37. The molecule has 0 radical (unpaired) electrons. The summed E-state index contributed by atoms with van der Waals surface area (Å²) in [5, 5.41) is 14.9. The van der Waals surface area contributed by atoms with Crippen molar-refractivity contribution in [1.29, 1.82) is 5.26 Å². The van der Waals surface area contributed by atoms with Crippen LogP contribution in [0.3, 0.4) is 0 Å². The molecule has 1 atom stereocenters. The van der Waals surface area contributed by atoms with Gasteiger partial charge in [0.1, 0.15) is 0 Å². The van der Waals surface area contributed by atoms with E-state index in [9.17, 15) is 23.3 Å². The molecule has 178 valence electrons. The second kappa shape index (κ2) is 9.10. The summed E-state index contributed by atoms with van der Waals surface area (Å²) in [6, 6.07) is 18.6. The minimum absolute atomic E-state index is 0.000771. The predicted molar refractivity (Wildman–Crippen MR) is 133 cm³/mol. The molecule has 1 aliphatic heterocycles. The van der Waals surface area contributed by atoms with Crippen LogP contribution in [0.4, 0.5) is 11.4 Å². The number of anilines is 2. The quantitative estimate of drug-likeness (QED) is 0.515. The summed E-state index contributed by atoms with van der Waals surface area (Å²) in [5.74, 6) is -0.414. The molecule has 0 spiro atoms. The van der Waals surface area contributed by atoms with Crippen LogP contribution in [0.1, 0.15) is 63.7 Å². The third-order valence-electron chi connectivity index (χ3n) is 6.25. The number of carbonyl (C=O) groups excluding carboxylic acids is 2. The van der Waals surface area contributed by atoms with Crippen LogP contribution in [0.25, 0.3) is 0 Å². The van der Waals surface area contributed by atoms with E-state index >= 15 is 0 Å². The number of nitrogens with two attached hydrogens (primary N) is 1. The van der Waals surface area contributed by atoms with Crippen molar-refractivity contribution in [1.82, 2.24) is 0 Å². The minimum Gasteiger partial charge on any atom is -0.333 e. The van der Waals surface area contributed by atoms with Gasteiger partial charge in [-0.2, -0.15) is 5.26 Å². The van der Waals surface area contributed by atoms with Crippen molar-refractivity contribution in [2.24, 2.45) is 11.1 Å². The van der Waals surface area contributed by atoms with E-state index in [4.69, 9.17) is 5.14 Å². The Morgan fingerprint density at radius 3 is 2.51 bits per heavy atom. The Morgan fingerprint density at radius 2 is 1.86 bits per heavy atom. The maximum Gasteiger partial charge on any atom is 0.238 e. The molecule has 1 unspecified atom stereocenters. The smallest absolute Gasteiger partial charge is 0.238 e. The Morgan fingerprint density at radius 1 is 1.11 bits per heavy atom. The van der Waals surface area contributed by atoms with Gasteiger partial charge in [0.15, 0.2) is 11.6 Å². The number of nitriles is 1. The molecule has 35 heavy (non-hydrogen) atoms. The van der Waals surface area contributed by atoms with Crippen LogP contribution in [-0.4, -0.2) is 20.0 Å². The molecule has 1 heterocycles. The lowest BCUT2D eigenvalue weighted by atomic mass is 9.88. The molecule has 0 saturated carbocycles. The molecule has 4 rings (SSSR count). The van der Waals surface area contributed by atoms with Crippen LogP contribution in [0.5, 0.6) is 0 Å². The van der Waals surface area contributed by atoms with Crippen molar-refractivity contribution in [3.63, 3.8) is 0 Å². The molecule has 7 nitrogen and oxygen atoms in total. The van der Waals surface area contributed by atoms with Crippen molar-refractivity contribution < 1.29 is 18.0 Å². The topological polar surface area (TPSA) is 121 Å². The summed E-state index contributed by atoms with van der Waals surface area (Å²) in [4.78, 5) is 27.7. The summed E-state index contributed by atoms with van der Waals surface area (Å²) < 4.78 is 23.8. The van der Waals surface area contributed by atoms with Crippen molar-refractivity contribution in [3.8, 4) is 6.07 Å². The van der Waals surface area contributed by atoms with E-state index < -0.39 is 16.1 Å². The zero-order chi connectivity index (χ0) is 25.5.